The first-order valence-corrected chi connectivity index (χ1v) is 6.55. The van der Waals surface area contributed by atoms with Crippen LogP contribution in [0.5, 0.6) is 0 Å². The van der Waals surface area contributed by atoms with Crippen molar-refractivity contribution in [3.05, 3.63) is 53.3 Å². The fourth-order valence-corrected chi connectivity index (χ4v) is 2.01. The van der Waals surface area contributed by atoms with Gasteiger partial charge in [0.1, 0.15) is 6.04 Å². The molecule has 1 aromatic heterocycles. The Bertz CT molecular complexity index is 649. The number of benzene rings is 1. The number of carbonyl (C=O) groups is 2. The lowest BCUT2D eigenvalue weighted by Crippen LogP contribution is -2.42. The molecule has 1 amide bonds. The number of hydrogen-bond acceptors (Lipinski definition) is 3. The molecule has 1 atom stereocenters. The van der Waals surface area contributed by atoms with Crippen LogP contribution in [0.1, 0.15) is 21.6 Å². The predicted molar refractivity (Wildman–Crippen MR) is 77.0 cm³/mol. The van der Waals surface area contributed by atoms with Gasteiger partial charge in [-0.1, -0.05) is 30.3 Å². The summed E-state index contributed by atoms with van der Waals surface area (Å²) in [6.07, 6.45) is 1.67. The van der Waals surface area contributed by atoms with E-state index >= 15 is 0 Å². The molecule has 1 heterocycles. The molecule has 0 aliphatic carbocycles. The molecule has 2 rings (SSSR count). The molecule has 0 spiro atoms. The standard InChI is InChI=1S/C15H17N3O3/c1-10-12(9-16-18(10)2)14(19)17-13(15(20)21)8-11-6-4-3-5-7-11/h3-7,9,13H,8H2,1-2H3,(H,17,19)(H,20,21)/t13-/m0/s1. The molecule has 0 saturated carbocycles. The van der Waals surface area contributed by atoms with Crippen LogP contribution >= 0.6 is 0 Å². The van der Waals surface area contributed by atoms with E-state index in [9.17, 15) is 14.7 Å². The number of aryl methyl sites for hydroxylation is 1. The summed E-state index contributed by atoms with van der Waals surface area (Å²) in [6, 6.07) is 8.22. The Labute approximate surface area is 122 Å². The van der Waals surface area contributed by atoms with Crippen molar-refractivity contribution >= 4 is 11.9 Å². The molecule has 0 bridgehead atoms. The van der Waals surface area contributed by atoms with Gasteiger partial charge in [0.2, 0.25) is 0 Å². The molecule has 0 radical (unpaired) electrons. The molecule has 0 aliphatic heterocycles. The van der Waals surface area contributed by atoms with Crippen LogP contribution < -0.4 is 5.32 Å². The van der Waals surface area contributed by atoms with Crippen LogP contribution in [0.2, 0.25) is 0 Å². The summed E-state index contributed by atoms with van der Waals surface area (Å²) < 4.78 is 1.57. The van der Waals surface area contributed by atoms with E-state index in [-0.39, 0.29) is 6.42 Å². The maximum Gasteiger partial charge on any atom is 0.326 e. The Balaban J connectivity index is 2.11. The maximum absolute atomic E-state index is 12.2. The summed E-state index contributed by atoms with van der Waals surface area (Å²) in [4.78, 5) is 23.5. The highest BCUT2D eigenvalue weighted by atomic mass is 16.4. The van der Waals surface area contributed by atoms with Crippen LogP contribution in [0.3, 0.4) is 0 Å². The molecule has 0 unspecified atom stereocenters. The zero-order valence-corrected chi connectivity index (χ0v) is 11.9. The lowest BCUT2D eigenvalue weighted by atomic mass is 10.1. The molecule has 2 aromatic rings. The highest BCUT2D eigenvalue weighted by Crippen LogP contribution is 2.08. The van der Waals surface area contributed by atoms with Crippen LogP contribution in [-0.4, -0.2) is 32.8 Å². The van der Waals surface area contributed by atoms with Crippen molar-refractivity contribution in [2.75, 3.05) is 0 Å². The number of nitrogens with zero attached hydrogens (tertiary/aromatic N) is 2. The third kappa shape index (κ3) is 3.47. The lowest BCUT2D eigenvalue weighted by Gasteiger charge is -2.14. The molecule has 2 N–H and O–H groups in total. The highest BCUT2D eigenvalue weighted by molar-refractivity contribution is 5.97. The topological polar surface area (TPSA) is 84.2 Å². The van der Waals surface area contributed by atoms with Crippen LogP contribution in [0.25, 0.3) is 0 Å². The van der Waals surface area contributed by atoms with Gasteiger partial charge in [-0.25, -0.2) is 4.79 Å². The van der Waals surface area contributed by atoms with Crippen LogP contribution in [-0.2, 0) is 18.3 Å². The number of carbonyl (C=O) groups excluding carboxylic acids is 1. The maximum atomic E-state index is 12.2. The van der Waals surface area contributed by atoms with Crippen molar-refractivity contribution in [1.29, 1.82) is 0 Å². The molecule has 0 saturated heterocycles. The second-order valence-corrected chi connectivity index (χ2v) is 4.82. The average molecular weight is 287 g/mol. The number of hydrogen-bond donors (Lipinski definition) is 2. The van der Waals surface area contributed by atoms with Gasteiger partial charge >= 0.3 is 5.97 Å². The summed E-state index contributed by atoms with van der Waals surface area (Å²) in [7, 11) is 1.73. The van der Waals surface area contributed by atoms with Crippen LogP contribution in [0, 0.1) is 6.92 Å². The fraction of sp³-hybridized carbons (Fsp3) is 0.267. The Morgan fingerprint density at radius 3 is 2.52 bits per heavy atom. The minimum atomic E-state index is -1.06. The number of aliphatic carboxylic acids is 1. The molecule has 1 aromatic carbocycles. The van der Waals surface area contributed by atoms with Crippen LogP contribution in [0.4, 0.5) is 0 Å². The van der Waals surface area contributed by atoms with Gasteiger partial charge in [-0.15, -0.1) is 0 Å². The van der Waals surface area contributed by atoms with Gasteiger partial charge in [-0.2, -0.15) is 5.10 Å². The summed E-state index contributed by atoms with van der Waals surface area (Å²) >= 11 is 0. The Hall–Kier alpha value is -2.63. The van der Waals surface area contributed by atoms with Gasteiger partial charge in [-0.05, 0) is 12.5 Å². The number of nitrogens with one attached hydrogen (secondary N) is 1. The van der Waals surface area contributed by atoms with E-state index < -0.39 is 17.9 Å². The number of rotatable bonds is 5. The third-order valence-corrected chi connectivity index (χ3v) is 3.37. The fourth-order valence-electron chi connectivity index (χ4n) is 2.01. The third-order valence-electron chi connectivity index (χ3n) is 3.37. The van der Waals surface area contributed by atoms with Crippen molar-refractivity contribution in [2.24, 2.45) is 7.05 Å². The van der Waals surface area contributed by atoms with Gasteiger partial charge in [-0.3, -0.25) is 9.48 Å². The van der Waals surface area contributed by atoms with E-state index in [1.807, 2.05) is 30.3 Å². The number of amides is 1. The van der Waals surface area contributed by atoms with Crippen LogP contribution in [0.15, 0.2) is 36.5 Å². The van der Waals surface area contributed by atoms with E-state index in [2.05, 4.69) is 10.4 Å². The van der Waals surface area contributed by atoms with Crippen molar-refractivity contribution < 1.29 is 14.7 Å². The number of aromatic nitrogens is 2. The molecule has 0 aliphatic rings. The lowest BCUT2D eigenvalue weighted by molar-refractivity contribution is -0.139. The molecular formula is C15H17N3O3. The minimum Gasteiger partial charge on any atom is -0.480 e. The van der Waals surface area contributed by atoms with Gasteiger partial charge in [0.25, 0.3) is 5.91 Å². The second-order valence-electron chi connectivity index (χ2n) is 4.82. The van der Waals surface area contributed by atoms with Gasteiger partial charge < -0.3 is 10.4 Å². The average Bonchev–Trinajstić information content (AvgIpc) is 2.79. The minimum absolute atomic E-state index is 0.237. The zero-order valence-electron chi connectivity index (χ0n) is 11.9. The first-order valence-electron chi connectivity index (χ1n) is 6.55. The zero-order chi connectivity index (χ0) is 15.4. The predicted octanol–water partition coefficient (Wildman–Crippen LogP) is 1.15. The molecule has 6 nitrogen and oxygen atoms in total. The molecule has 110 valence electrons. The van der Waals surface area contributed by atoms with Gasteiger partial charge in [0.15, 0.2) is 0 Å². The number of carboxylic acids is 1. The summed E-state index contributed by atoms with van der Waals surface area (Å²) in [5, 5.41) is 15.8. The Morgan fingerprint density at radius 2 is 2.00 bits per heavy atom. The smallest absolute Gasteiger partial charge is 0.326 e. The first-order chi connectivity index (χ1) is 9.99. The van der Waals surface area contributed by atoms with Crippen molar-refractivity contribution in [3.63, 3.8) is 0 Å². The molecule has 21 heavy (non-hydrogen) atoms. The molecule has 0 fully saturated rings. The second kappa shape index (κ2) is 6.21. The van der Waals surface area contributed by atoms with Crippen molar-refractivity contribution in [3.8, 4) is 0 Å². The Morgan fingerprint density at radius 1 is 1.33 bits per heavy atom. The molecular weight excluding hydrogens is 270 g/mol. The summed E-state index contributed by atoms with van der Waals surface area (Å²) in [6.45, 7) is 1.76. The normalized spacial score (nSPS) is 11.9. The van der Waals surface area contributed by atoms with E-state index in [4.69, 9.17) is 0 Å². The largest absolute Gasteiger partial charge is 0.480 e. The van der Waals surface area contributed by atoms with E-state index in [1.54, 1.807) is 18.7 Å². The van der Waals surface area contributed by atoms with E-state index in [0.717, 1.165) is 5.56 Å². The molecule has 6 heteroatoms. The van der Waals surface area contributed by atoms with Gasteiger partial charge in [0.05, 0.1) is 11.8 Å². The van der Waals surface area contributed by atoms with E-state index in [1.165, 1.54) is 6.20 Å². The van der Waals surface area contributed by atoms with Crippen molar-refractivity contribution in [1.82, 2.24) is 15.1 Å². The number of carboxylic acid groups (broad SMARTS) is 1. The first kappa shape index (κ1) is 14.8. The SMILES string of the molecule is Cc1c(C(=O)N[C@@H](Cc2ccccc2)C(=O)O)cnn1C. The Kier molecular flexibility index (Phi) is 4.37. The summed E-state index contributed by atoms with van der Waals surface area (Å²) in [5.41, 5.74) is 1.93. The van der Waals surface area contributed by atoms with Gasteiger partial charge in [0, 0.05) is 19.2 Å². The van der Waals surface area contributed by atoms with E-state index in [0.29, 0.717) is 11.3 Å². The summed E-state index contributed by atoms with van der Waals surface area (Å²) in [5.74, 6) is -1.49. The highest BCUT2D eigenvalue weighted by Gasteiger charge is 2.22. The van der Waals surface area contributed by atoms with Crippen molar-refractivity contribution in [2.45, 2.75) is 19.4 Å². The quantitative estimate of drug-likeness (QED) is 0.864. The monoisotopic (exact) mass is 287 g/mol.